The highest BCUT2D eigenvalue weighted by molar-refractivity contribution is 7.10. The van der Waals surface area contributed by atoms with E-state index < -0.39 is 0 Å². The molecule has 2 fully saturated rings. The van der Waals surface area contributed by atoms with Crippen LogP contribution in [0.25, 0.3) is 0 Å². The number of nitrogens with one attached hydrogen (secondary N) is 2. The summed E-state index contributed by atoms with van der Waals surface area (Å²) < 4.78 is 0. The van der Waals surface area contributed by atoms with Gasteiger partial charge in [0.25, 0.3) is 0 Å². The molecule has 1 aromatic rings. The molecule has 1 unspecified atom stereocenters. The molecule has 1 saturated carbocycles. The van der Waals surface area contributed by atoms with Gasteiger partial charge in [-0.25, -0.2) is 0 Å². The Kier molecular flexibility index (Phi) is 4.80. The first-order valence-electron chi connectivity index (χ1n) is 7.98. The summed E-state index contributed by atoms with van der Waals surface area (Å²) in [6.07, 6.45) is 4.16. The lowest BCUT2D eigenvalue weighted by Gasteiger charge is -2.17. The molecule has 5 heteroatoms. The zero-order valence-corrected chi connectivity index (χ0v) is 13.9. The van der Waals surface area contributed by atoms with Gasteiger partial charge < -0.3 is 15.5 Å². The van der Waals surface area contributed by atoms with Crippen molar-refractivity contribution in [1.82, 2.24) is 15.5 Å². The fourth-order valence-electron chi connectivity index (χ4n) is 3.01. The number of guanidine groups is 1. The van der Waals surface area contributed by atoms with E-state index in [0.29, 0.717) is 0 Å². The third-order valence-electron chi connectivity index (χ3n) is 4.55. The van der Waals surface area contributed by atoms with Crippen LogP contribution in [0.15, 0.2) is 16.4 Å². The molecule has 0 amide bonds. The second kappa shape index (κ2) is 6.79. The SMILES string of the molecule is CN=C(NCc1sccc1C)NCC1CCN(C2CC2)C1. The van der Waals surface area contributed by atoms with Crippen molar-refractivity contribution < 1.29 is 0 Å². The molecule has 2 N–H and O–H groups in total. The Bertz CT molecular complexity index is 492. The van der Waals surface area contributed by atoms with Crippen molar-refractivity contribution in [2.24, 2.45) is 10.9 Å². The Hall–Kier alpha value is -1.07. The summed E-state index contributed by atoms with van der Waals surface area (Å²) >= 11 is 1.80. The van der Waals surface area contributed by atoms with Crippen LogP contribution in [-0.4, -0.2) is 43.6 Å². The highest BCUT2D eigenvalue weighted by atomic mass is 32.1. The summed E-state index contributed by atoms with van der Waals surface area (Å²) in [4.78, 5) is 8.38. The highest BCUT2D eigenvalue weighted by Gasteiger charge is 2.34. The molecule has 1 saturated heterocycles. The Morgan fingerprint density at radius 2 is 2.24 bits per heavy atom. The van der Waals surface area contributed by atoms with Gasteiger partial charge in [0.2, 0.25) is 0 Å². The predicted octanol–water partition coefficient (Wildman–Crippen LogP) is 2.21. The van der Waals surface area contributed by atoms with Gasteiger partial charge in [-0.3, -0.25) is 4.99 Å². The summed E-state index contributed by atoms with van der Waals surface area (Å²) in [7, 11) is 1.85. The average Bonchev–Trinajstić information content (AvgIpc) is 3.10. The van der Waals surface area contributed by atoms with Gasteiger partial charge in [-0.2, -0.15) is 0 Å². The molecule has 1 aromatic heterocycles. The van der Waals surface area contributed by atoms with Gasteiger partial charge in [0.15, 0.2) is 5.96 Å². The number of hydrogen-bond acceptors (Lipinski definition) is 3. The molecule has 0 bridgehead atoms. The zero-order chi connectivity index (χ0) is 14.7. The minimum absolute atomic E-state index is 0.771. The van der Waals surface area contributed by atoms with Crippen LogP contribution < -0.4 is 10.6 Å². The highest BCUT2D eigenvalue weighted by Crippen LogP contribution is 2.31. The van der Waals surface area contributed by atoms with Crippen molar-refractivity contribution in [3.05, 3.63) is 21.9 Å². The van der Waals surface area contributed by atoms with Crippen molar-refractivity contribution in [2.75, 3.05) is 26.7 Å². The molecule has 0 spiro atoms. The predicted molar refractivity (Wildman–Crippen MR) is 90.0 cm³/mol. The topological polar surface area (TPSA) is 39.7 Å². The molecule has 1 atom stereocenters. The van der Waals surface area contributed by atoms with Crippen LogP contribution in [0.4, 0.5) is 0 Å². The first kappa shape index (κ1) is 14.9. The van der Waals surface area contributed by atoms with Crippen molar-refractivity contribution in [1.29, 1.82) is 0 Å². The maximum atomic E-state index is 4.33. The smallest absolute Gasteiger partial charge is 0.191 e. The van der Waals surface area contributed by atoms with E-state index in [1.807, 2.05) is 7.05 Å². The zero-order valence-electron chi connectivity index (χ0n) is 13.1. The number of likely N-dealkylation sites (tertiary alicyclic amines) is 1. The molecule has 0 aromatic carbocycles. The van der Waals surface area contributed by atoms with Crippen molar-refractivity contribution >= 4 is 17.3 Å². The van der Waals surface area contributed by atoms with Gasteiger partial charge in [0.1, 0.15) is 0 Å². The minimum Gasteiger partial charge on any atom is -0.356 e. The lowest BCUT2D eigenvalue weighted by atomic mass is 10.1. The van der Waals surface area contributed by atoms with Crippen molar-refractivity contribution in [3.63, 3.8) is 0 Å². The molecule has 2 heterocycles. The standard InChI is InChI=1S/C16H26N4S/c1-12-6-8-21-15(12)10-19-16(17-2)18-9-13-5-7-20(11-13)14-3-4-14/h6,8,13-14H,3-5,7,9-11H2,1-2H3,(H2,17,18,19). The Morgan fingerprint density at radius 3 is 2.90 bits per heavy atom. The second-order valence-electron chi connectivity index (χ2n) is 6.21. The van der Waals surface area contributed by atoms with Crippen LogP contribution in [0.3, 0.4) is 0 Å². The Morgan fingerprint density at radius 1 is 1.38 bits per heavy atom. The monoisotopic (exact) mass is 306 g/mol. The Labute approximate surface area is 131 Å². The summed E-state index contributed by atoms with van der Waals surface area (Å²) in [6, 6.07) is 3.08. The fourth-order valence-corrected chi connectivity index (χ4v) is 3.86. The van der Waals surface area contributed by atoms with Crippen LogP contribution in [0, 0.1) is 12.8 Å². The maximum absolute atomic E-state index is 4.33. The lowest BCUT2D eigenvalue weighted by molar-refractivity contribution is 0.314. The summed E-state index contributed by atoms with van der Waals surface area (Å²) in [5.74, 6) is 1.69. The number of nitrogens with zero attached hydrogens (tertiary/aromatic N) is 2. The first-order chi connectivity index (χ1) is 10.3. The normalized spacial score (nSPS) is 23.5. The molecule has 21 heavy (non-hydrogen) atoms. The molecular weight excluding hydrogens is 280 g/mol. The van der Waals surface area contributed by atoms with E-state index in [0.717, 1.165) is 31.0 Å². The van der Waals surface area contributed by atoms with E-state index in [-0.39, 0.29) is 0 Å². The second-order valence-corrected chi connectivity index (χ2v) is 7.21. The van der Waals surface area contributed by atoms with Gasteiger partial charge in [-0.1, -0.05) is 0 Å². The van der Waals surface area contributed by atoms with Crippen LogP contribution >= 0.6 is 11.3 Å². The lowest BCUT2D eigenvalue weighted by Crippen LogP contribution is -2.40. The number of hydrogen-bond donors (Lipinski definition) is 2. The first-order valence-corrected chi connectivity index (χ1v) is 8.85. The maximum Gasteiger partial charge on any atom is 0.191 e. The van der Waals surface area contributed by atoms with E-state index >= 15 is 0 Å². The molecule has 116 valence electrons. The van der Waals surface area contributed by atoms with E-state index in [4.69, 9.17) is 0 Å². The Balaban J connectivity index is 1.39. The third kappa shape index (κ3) is 3.98. The van der Waals surface area contributed by atoms with Gasteiger partial charge >= 0.3 is 0 Å². The average molecular weight is 306 g/mol. The molecule has 1 aliphatic carbocycles. The van der Waals surface area contributed by atoms with Gasteiger partial charge in [0, 0.05) is 31.1 Å². The van der Waals surface area contributed by atoms with E-state index in [2.05, 4.69) is 38.9 Å². The van der Waals surface area contributed by atoms with Crippen LogP contribution in [0.5, 0.6) is 0 Å². The van der Waals surface area contributed by atoms with Crippen molar-refractivity contribution in [3.8, 4) is 0 Å². The molecule has 1 aliphatic heterocycles. The van der Waals surface area contributed by atoms with Gasteiger partial charge in [-0.15, -0.1) is 11.3 Å². The van der Waals surface area contributed by atoms with E-state index in [9.17, 15) is 0 Å². The quantitative estimate of drug-likeness (QED) is 0.647. The van der Waals surface area contributed by atoms with Gasteiger partial charge in [-0.05, 0) is 55.7 Å². The number of aliphatic imine (C=N–C) groups is 1. The summed E-state index contributed by atoms with van der Waals surface area (Å²) in [5.41, 5.74) is 1.36. The van der Waals surface area contributed by atoms with Crippen LogP contribution in [-0.2, 0) is 6.54 Å². The van der Waals surface area contributed by atoms with Crippen molar-refractivity contribution in [2.45, 2.75) is 38.8 Å². The number of aryl methyl sites for hydroxylation is 1. The molecule has 2 aliphatic rings. The van der Waals surface area contributed by atoms with Crippen LogP contribution in [0.2, 0.25) is 0 Å². The largest absolute Gasteiger partial charge is 0.356 e. The molecule has 3 rings (SSSR count). The number of thiophene rings is 1. The minimum atomic E-state index is 0.771. The van der Waals surface area contributed by atoms with E-state index in [1.54, 1.807) is 11.3 Å². The fraction of sp³-hybridized carbons (Fsp3) is 0.688. The summed E-state index contributed by atoms with van der Waals surface area (Å²) in [5, 5.41) is 9.05. The molecule has 4 nitrogen and oxygen atoms in total. The third-order valence-corrected chi connectivity index (χ3v) is 5.57. The van der Waals surface area contributed by atoms with E-state index in [1.165, 1.54) is 42.8 Å². The summed E-state index contributed by atoms with van der Waals surface area (Å²) in [6.45, 7) is 6.61. The molecular formula is C16H26N4S. The molecule has 0 radical (unpaired) electrons. The van der Waals surface area contributed by atoms with Crippen LogP contribution in [0.1, 0.15) is 29.7 Å². The number of rotatable bonds is 5. The van der Waals surface area contributed by atoms with Gasteiger partial charge in [0.05, 0.1) is 6.54 Å².